The van der Waals surface area contributed by atoms with E-state index < -0.39 is 18.1 Å². The van der Waals surface area contributed by atoms with Gasteiger partial charge in [-0.15, -0.1) is 0 Å². The maximum absolute atomic E-state index is 10.9. The molecule has 0 unspecified atom stereocenters. The minimum absolute atomic E-state index is 0.657. The van der Waals surface area contributed by atoms with Gasteiger partial charge in [-0.3, -0.25) is 4.79 Å². The molecule has 0 bridgehead atoms. The molecule has 6 nitrogen and oxygen atoms in total. The molecule has 0 saturated heterocycles. The summed E-state index contributed by atoms with van der Waals surface area (Å²) in [4.78, 5) is 13.4. The van der Waals surface area contributed by atoms with Crippen molar-refractivity contribution in [3.8, 4) is 0 Å². The van der Waals surface area contributed by atoms with Crippen LogP contribution in [0, 0.1) is 0 Å². The third-order valence-corrected chi connectivity index (χ3v) is 2.10. The lowest BCUT2D eigenvalue weighted by atomic mass is 10.0. The average molecular weight is 221 g/mol. The Morgan fingerprint density at radius 2 is 2.12 bits per heavy atom. The molecule has 0 aliphatic rings. The number of benzene rings is 1. The van der Waals surface area contributed by atoms with Crippen LogP contribution in [0.15, 0.2) is 35.4 Å². The Labute approximate surface area is 92.1 Å². The summed E-state index contributed by atoms with van der Waals surface area (Å²) in [5.74, 6) is -1.21. The van der Waals surface area contributed by atoms with Gasteiger partial charge in [0, 0.05) is 12.0 Å². The smallest absolute Gasteiger partial charge is 0.315 e. The number of carboxylic acid groups (broad SMARTS) is 1. The fraction of sp³-hybridized carbons (Fsp3) is 0.300. The summed E-state index contributed by atoms with van der Waals surface area (Å²) in [5.41, 5.74) is 8.97. The average Bonchev–Trinajstić information content (AvgIpc) is 2.30. The second-order valence-electron chi connectivity index (χ2n) is 3.05. The molecule has 2 atom stereocenters. The van der Waals surface area contributed by atoms with Crippen molar-refractivity contribution in [3.63, 3.8) is 0 Å². The molecule has 0 aromatic heterocycles. The van der Waals surface area contributed by atoms with Crippen LogP contribution >= 0.6 is 0 Å². The summed E-state index contributed by atoms with van der Waals surface area (Å²) in [5, 5.41) is 12.1. The van der Waals surface area contributed by atoms with Gasteiger partial charge in [0.15, 0.2) is 6.04 Å². The molecule has 0 saturated carbocycles. The molecular weight excluding hydrogens is 210 g/mol. The van der Waals surface area contributed by atoms with Crippen LogP contribution in [0.1, 0.15) is 11.7 Å². The topological polar surface area (TPSA) is 95.3 Å². The SMILES string of the molecule is CO[C@H](c1ccccc1)[C@H](N=[N+]=[N-])C(=O)O. The fourth-order valence-corrected chi connectivity index (χ4v) is 1.39. The molecule has 1 N–H and O–H groups in total. The first kappa shape index (κ1) is 12.0. The Bertz CT molecular complexity index is 399. The van der Waals surface area contributed by atoms with Crippen molar-refractivity contribution >= 4 is 5.97 Å². The van der Waals surface area contributed by atoms with Crippen LogP contribution in [0.3, 0.4) is 0 Å². The van der Waals surface area contributed by atoms with Gasteiger partial charge in [-0.25, -0.2) is 0 Å². The van der Waals surface area contributed by atoms with Crippen molar-refractivity contribution in [2.75, 3.05) is 7.11 Å². The summed E-state index contributed by atoms with van der Waals surface area (Å²) < 4.78 is 5.07. The fourth-order valence-electron chi connectivity index (χ4n) is 1.39. The summed E-state index contributed by atoms with van der Waals surface area (Å²) in [6.07, 6.45) is -0.783. The summed E-state index contributed by atoms with van der Waals surface area (Å²) >= 11 is 0. The Morgan fingerprint density at radius 1 is 1.50 bits per heavy atom. The van der Waals surface area contributed by atoms with E-state index in [4.69, 9.17) is 15.4 Å². The molecule has 1 aromatic carbocycles. The van der Waals surface area contributed by atoms with Gasteiger partial charge in [0.25, 0.3) is 0 Å². The second-order valence-corrected chi connectivity index (χ2v) is 3.05. The minimum Gasteiger partial charge on any atom is -0.481 e. The molecule has 0 fully saturated rings. The second kappa shape index (κ2) is 5.75. The lowest BCUT2D eigenvalue weighted by molar-refractivity contribution is -0.142. The van der Waals surface area contributed by atoms with Gasteiger partial charge < -0.3 is 9.84 Å². The van der Waals surface area contributed by atoms with Gasteiger partial charge in [0.2, 0.25) is 0 Å². The van der Waals surface area contributed by atoms with E-state index in [2.05, 4.69) is 10.0 Å². The molecule has 0 aliphatic heterocycles. The van der Waals surface area contributed by atoms with Gasteiger partial charge in [0.1, 0.15) is 6.10 Å². The maximum atomic E-state index is 10.9. The highest BCUT2D eigenvalue weighted by molar-refractivity contribution is 5.74. The van der Waals surface area contributed by atoms with E-state index in [1.165, 1.54) is 7.11 Å². The van der Waals surface area contributed by atoms with E-state index >= 15 is 0 Å². The Balaban J connectivity index is 3.05. The third-order valence-electron chi connectivity index (χ3n) is 2.10. The summed E-state index contributed by atoms with van der Waals surface area (Å²) in [6.45, 7) is 0. The number of carbonyl (C=O) groups is 1. The van der Waals surface area contributed by atoms with Crippen LogP contribution in [0.4, 0.5) is 0 Å². The molecule has 0 radical (unpaired) electrons. The van der Waals surface area contributed by atoms with E-state index in [-0.39, 0.29) is 0 Å². The van der Waals surface area contributed by atoms with Crippen LogP contribution in [-0.4, -0.2) is 24.2 Å². The maximum Gasteiger partial charge on any atom is 0.315 e. The van der Waals surface area contributed by atoms with Crippen LogP contribution in [0.5, 0.6) is 0 Å². The van der Waals surface area contributed by atoms with Gasteiger partial charge in [-0.2, -0.15) is 0 Å². The molecule has 0 heterocycles. The molecule has 0 amide bonds. The monoisotopic (exact) mass is 221 g/mol. The standard InChI is InChI=1S/C10H11N3O3/c1-16-9(7-5-3-2-4-6-7)8(10(14)15)12-13-11/h2-6,8-9H,1H3,(H,14,15)/t8-,9+/m0/s1. The van der Waals surface area contributed by atoms with E-state index in [1.807, 2.05) is 0 Å². The zero-order valence-electron chi connectivity index (χ0n) is 8.65. The highest BCUT2D eigenvalue weighted by Crippen LogP contribution is 2.23. The lowest BCUT2D eigenvalue weighted by Gasteiger charge is -2.19. The number of carboxylic acids is 1. The first-order chi connectivity index (χ1) is 7.70. The molecule has 1 rings (SSSR count). The number of azide groups is 1. The van der Waals surface area contributed by atoms with Crippen molar-refractivity contribution in [1.82, 2.24) is 0 Å². The van der Waals surface area contributed by atoms with E-state index in [9.17, 15) is 4.79 Å². The third kappa shape index (κ3) is 2.73. The molecule has 0 aliphatic carbocycles. The molecule has 0 spiro atoms. The zero-order chi connectivity index (χ0) is 12.0. The Morgan fingerprint density at radius 3 is 2.56 bits per heavy atom. The number of hydrogen-bond acceptors (Lipinski definition) is 3. The number of ether oxygens (including phenoxy) is 1. The van der Waals surface area contributed by atoms with Gasteiger partial charge in [-0.1, -0.05) is 35.4 Å². The van der Waals surface area contributed by atoms with E-state index in [0.717, 1.165) is 0 Å². The summed E-state index contributed by atoms with van der Waals surface area (Å²) in [7, 11) is 1.38. The Hall–Kier alpha value is -2.04. The van der Waals surface area contributed by atoms with Crippen molar-refractivity contribution in [2.24, 2.45) is 5.11 Å². The molecule has 16 heavy (non-hydrogen) atoms. The zero-order valence-corrected chi connectivity index (χ0v) is 8.65. The number of hydrogen-bond donors (Lipinski definition) is 1. The predicted molar refractivity (Wildman–Crippen MR) is 56.8 cm³/mol. The first-order valence-electron chi connectivity index (χ1n) is 4.55. The van der Waals surface area contributed by atoms with Crippen LogP contribution in [0.2, 0.25) is 0 Å². The number of nitrogens with zero attached hydrogens (tertiary/aromatic N) is 3. The normalized spacial score (nSPS) is 13.6. The molecule has 1 aromatic rings. The first-order valence-corrected chi connectivity index (χ1v) is 4.55. The predicted octanol–water partition coefficient (Wildman–Crippen LogP) is 2.14. The number of methoxy groups -OCH3 is 1. The number of aliphatic carboxylic acids is 1. The van der Waals surface area contributed by atoms with Crippen molar-refractivity contribution < 1.29 is 14.6 Å². The van der Waals surface area contributed by atoms with Crippen molar-refractivity contribution in [1.29, 1.82) is 0 Å². The largest absolute Gasteiger partial charge is 0.481 e. The highest BCUT2D eigenvalue weighted by Gasteiger charge is 2.28. The van der Waals surface area contributed by atoms with E-state index in [0.29, 0.717) is 5.56 Å². The van der Waals surface area contributed by atoms with Crippen LogP contribution in [-0.2, 0) is 9.53 Å². The highest BCUT2D eigenvalue weighted by atomic mass is 16.5. The molecule has 84 valence electrons. The molecular formula is C10H11N3O3. The van der Waals surface area contributed by atoms with Gasteiger partial charge in [-0.05, 0) is 11.1 Å². The molecule has 6 heteroatoms. The number of rotatable bonds is 5. The van der Waals surface area contributed by atoms with Gasteiger partial charge in [0.05, 0.1) is 0 Å². The summed E-state index contributed by atoms with van der Waals surface area (Å²) in [6, 6.07) is 7.50. The van der Waals surface area contributed by atoms with Crippen molar-refractivity contribution in [3.05, 3.63) is 46.3 Å². The van der Waals surface area contributed by atoms with Crippen molar-refractivity contribution in [2.45, 2.75) is 12.1 Å². The quantitative estimate of drug-likeness (QED) is 0.468. The Kier molecular flexibility index (Phi) is 4.32. The lowest BCUT2D eigenvalue weighted by Crippen LogP contribution is -2.26. The van der Waals surface area contributed by atoms with E-state index in [1.54, 1.807) is 30.3 Å². The van der Waals surface area contributed by atoms with Gasteiger partial charge >= 0.3 is 5.97 Å². The van der Waals surface area contributed by atoms with Crippen LogP contribution in [0.25, 0.3) is 10.4 Å². The van der Waals surface area contributed by atoms with Crippen LogP contribution < -0.4 is 0 Å². The minimum atomic E-state index is -1.27.